The Hall–Kier alpha value is -0.930. The monoisotopic (exact) mass is 533 g/mol. The maximum atomic E-state index is 13.2. The molecule has 30 heavy (non-hydrogen) atoms. The van der Waals surface area contributed by atoms with Crippen LogP contribution in [0.4, 0.5) is 4.39 Å². The van der Waals surface area contributed by atoms with E-state index in [1.54, 1.807) is 0 Å². The van der Waals surface area contributed by atoms with Crippen molar-refractivity contribution in [3.05, 3.63) is 35.6 Å². The van der Waals surface area contributed by atoms with Crippen molar-refractivity contribution >= 4 is 29.9 Å². The maximum absolute atomic E-state index is 13.2. The van der Waals surface area contributed by atoms with Gasteiger partial charge in [-0.15, -0.1) is 24.0 Å². The van der Waals surface area contributed by atoms with E-state index in [2.05, 4.69) is 29.1 Å². The molecular weight excluding hydrogens is 496 g/mol. The molecule has 0 bridgehead atoms. The first-order chi connectivity index (χ1) is 14.0. The number of hydrogen-bond acceptors (Lipinski definition) is 3. The van der Waals surface area contributed by atoms with Crippen LogP contribution in [0.1, 0.15) is 51.5 Å². The molecule has 0 aliphatic carbocycles. The Bertz CT molecular complexity index is 655. The second kappa shape index (κ2) is 12.2. The van der Waals surface area contributed by atoms with E-state index in [0.29, 0.717) is 6.10 Å². The minimum absolute atomic E-state index is 0. The Morgan fingerprint density at radius 3 is 2.50 bits per heavy atom. The van der Waals surface area contributed by atoms with Gasteiger partial charge in [0.1, 0.15) is 5.82 Å². The van der Waals surface area contributed by atoms with E-state index < -0.39 is 0 Å². The van der Waals surface area contributed by atoms with Crippen LogP contribution in [0.5, 0.6) is 0 Å². The average Bonchev–Trinajstić information content (AvgIpc) is 2.74. The zero-order chi connectivity index (χ0) is 20.7. The van der Waals surface area contributed by atoms with E-state index in [4.69, 9.17) is 9.47 Å². The molecule has 7 heteroatoms. The van der Waals surface area contributed by atoms with Crippen molar-refractivity contribution in [2.24, 2.45) is 4.99 Å². The molecule has 5 nitrogen and oxygen atoms in total. The molecule has 0 spiro atoms. The Morgan fingerprint density at radius 1 is 1.20 bits per heavy atom. The number of aliphatic imine (C=N–C) groups is 1. The van der Waals surface area contributed by atoms with Gasteiger partial charge in [0.15, 0.2) is 5.96 Å². The second-order valence-corrected chi connectivity index (χ2v) is 8.80. The number of guanidine groups is 1. The van der Waals surface area contributed by atoms with Gasteiger partial charge in [0.25, 0.3) is 0 Å². The summed E-state index contributed by atoms with van der Waals surface area (Å²) in [5.41, 5.74) is 0.990. The molecule has 0 amide bonds. The first-order valence-electron chi connectivity index (χ1n) is 10.9. The predicted octanol–water partition coefficient (Wildman–Crippen LogP) is 4.35. The van der Waals surface area contributed by atoms with E-state index >= 15 is 0 Å². The summed E-state index contributed by atoms with van der Waals surface area (Å²) in [4.78, 5) is 6.78. The molecule has 2 aliphatic heterocycles. The zero-order valence-electron chi connectivity index (χ0n) is 18.5. The van der Waals surface area contributed by atoms with Crippen LogP contribution >= 0.6 is 24.0 Å². The van der Waals surface area contributed by atoms with E-state index in [1.165, 1.54) is 25.0 Å². The summed E-state index contributed by atoms with van der Waals surface area (Å²) < 4.78 is 25.1. The predicted molar refractivity (Wildman–Crippen MR) is 130 cm³/mol. The maximum Gasteiger partial charge on any atom is 0.193 e. The topological polar surface area (TPSA) is 46.1 Å². The Kier molecular flexibility index (Phi) is 10.3. The van der Waals surface area contributed by atoms with Gasteiger partial charge < -0.3 is 19.7 Å². The van der Waals surface area contributed by atoms with Crippen LogP contribution in [0.3, 0.4) is 0 Å². The molecule has 1 N–H and O–H groups in total. The normalized spacial score (nSPS) is 21.3. The number of halogens is 2. The fraction of sp³-hybridized carbons (Fsp3) is 0.696. The third kappa shape index (κ3) is 7.34. The smallest absolute Gasteiger partial charge is 0.193 e. The quantitative estimate of drug-likeness (QED) is 0.336. The highest BCUT2D eigenvalue weighted by Crippen LogP contribution is 2.23. The van der Waals surface area contributed by atoms with Crippen LogP contribution in [0.25, 0.3) is 0 Å². The molecule has 170 valence electrons. The molecule has 2 heterocycles. The average molecular weight is 533 g/mol. The van der Waals surface area contributed by atoms with Gasteiger partial charge in [0, 0.05) is 38.7 Å². The molecule has 0 radical (unpaired) electrons. The first kappa shape index (κ1) is 25.3. The van der Waals surface area contributed by atoms with Gasteiger partial charge in [-0.25, -0.2) is 4.39 Å². The van der Waals surface area contributed by atoms with E-state index in [9.17, 15) is 4.39 Å². The van der Waals surface area contributed by atoms with Crippen molar-refractivity contribution in [2.75, 3.05) is 39.9 Å². The molecule has 1 aromatic carbocycles. The molecule has 2 saturated heterocycles. The Labute approximate surface area is 197 Å². The fourth-order valence-electron chi connectivity index (χ4n) is 4.05. The lowest BCUT2D eigenvalue weighted by atomic mass is 9.84. The van der Waals surface area contributed by atoms with Crippen molar-refractivity contribution in [3.63, 3.8) is 0 Å². The fourth-order valence-corrected chi connectivity index (χ4v) is 4.05. The van der Waals surface area contributed by atoms with Gasteiger partial charge >= 0.3 is 0 Å². The van der Waals surface area contributed by atoms with E-state index in [1.807, 2.05) is 19.2 Å². The van der Waals surface area contributed by atoms with Crippen LogP contribution in [0, 0.1) is 5.82 Å². The lowest BCUT2D eigenvalue weighted by Gasteiger charge is -2.36. The second-order valence-electron chi connectivity index (χ2n) is 8.80. The standard InChI is InChI=1S/C23H36FN3O2.HI/c1-23(2,18-7-9-19(24)10-8-18)17-26-22(25-3)27-13-11-20(12-14-27)29-16-21-6-4-5-15-28-21;/h7-10,20-21H,4-6,11-17H2,1-3H3,(H,25,26);1H. The van der Waals surface area contributed by atoms with Gasteiger partial charge in [0.05, 0.1) is 18.8 Å². The zero-order valence-corrected chi connectivity index (χ0v) is 20.9. The molecule has 2 fully saturated rings. The number of ether oxygens (including phenoxy) is 2. The number of nitrogens with one attached hydrogen (secondary N) is 1. The van der Waals surface area contributed by atoms with Crippen LogP contribution in [-0.2, 0) is 14.9 Å². The number of likely N-dealkylation sites (tertiary alicyclic amines) is 1. The molecule has 2 aliphatic rings. The van der Waals surface area contributed by atoms with Gasteiger partial charge in [-0.3, -0.25) is 4.99 Å². The molecule has 1 aromatic rings. The first-order valence-corrected chi connectivity index (χ1v) is 10.9. The number of hydrogen-bond donors (Lipinski definition) is 1. The largest absolute Gasteiger partial charge is 0.376 e. The lowest BCUT2D eigenvalue weighted by Crippen LogP contribution is -2.49. The SMILES string of the molecule is CN=C(NCC(C)(C)c1ccc(F)cc1)N1CCC(OCC2CCCCO2)CC1.I. The highest BCUT2D eigenvalue weighted by molar-refractivity contribution is 14.0. The van der Waals surface area contributed by atoms with Crippen LogP contribution in [0.2, 0.25) is 0 Å². The lowest BCUT2D eigenvalue weighted by molar-refractivity contribution is -0.0721. The van der Waals surface area contributed by atoms with Gasteiger partial charge in [-0.05, 0) is 49.8 Å². The number of nitrogens with zero attached hydrogens (tertiary/aromatic N) is 2. The summed E-state index contributed by atoms with van der Waals surface area (Å²) in [6.07, 6.45) is 6.17. The molecule has 0 aromatic heterocycles. The molecule has 1 unspecified atom stereocenters. The van der Waals surface area contributed by atoms with Crippen LogP contribution in [0.15, 0.2) is 29.3 Å². The summed E-state index contributed by atoms with van der Waals surface area (Å²) in [6.45, 7) is 8.54. The summed E-state index contributed by atoms with van der Waals surface area (Å²) in [6, 6.07) is 6.77. The van der Waals surface area contributed by atoms with Crippen molar-refractivity contribution in [3.8, 4) is 0 Å². The van der Waals surface area contributed by atoms with E-state index in [0.717, 1.165) is 63.6 Å². The number of piperidine rings is 1. The third-order valence-corrected chi connectivity index (χ3v) is 6.06. The van der Waals surface area contributed by atoms with Crippen molar-refractivity contribution in [1.82, 2.24) is 10.2 Å². The van der Waals surface area contributed by atoms with E-state index in [-0.39, 0.29) is 41.3 Å². The summed E-state index contributed by atoms with van der Waals surface area (Å²) in [5.74, 6) is 0.725. The van der Waals surface area contributed by atoms with Crippen molar-refractivity contribution in [1.29, 1.82) is 0 Å². The molecule has 3 rings (SSSR count). The summed E-state index contributed by atoms with van der Waals surface area (Å²) in [7, 11) is 1.83. The minimum atomic E-state index is -0.201. The number of benzene rings is 1. The summed E-state index contributed by atoms with van der Waals surface area (Å²) in [5, 5.41) is 3.51. The van der Waals surface area contributed by atoms with Gasteiger partial charge in [0.2, 0.25) is 0 Å². The molecule has 1 atom stereocenters. The van der Waals surface area contributed by atoms with Crippen molar-refractivity contribution < 1.29 is 13.9 Å². The Morgan fingerprint density at radius 2 is 1.90 bits per heavy atom. The van der Waals surface area contributed by atoms with Gasteiger partial charge in [-0.1, -0.05) is 26.0 Å². The summed E-state index contributed by atoms with van der Waals surface area (Å²) >= 11 is 0. The molecular formula is C23H37FIN3O2. The Balaban J connectivity index is 0.00000320. The van der Waals surface area contributed by atoms with Gasteiger partial charge in [-0.2, -0.15) is 0 Å². The van der Waals surface area contributed by atoms with Crippen LogP contribution in [-0.4, -0.2) is 63.0 Å². The third-order valence-electron chi connectivity index (χ3n) is 6.06. The van der Waals surface area contributed by atoms with Crippen molar-refractivity contribution in [2.45, 2.75) is 63.6 Å². The van der Waals surface area contributed by atoms with Crippen LogP contribution < -0.4 is 5.32 Å². The molecule has 0 saturated carbocycles. The highest BCUT2D eigenvalue weighted by atomic mass is 127. The minimum Gasteiger partial charge on any atom is -0.376 e. The number of rotatable bonds is 6. The highest BCUT2D eigenvalue weighted by Gasteiger charge is 2.26.